The van der Waals surface area contributed by atoms with Crippen molar-refractivity contribution >= 4 is 11.8 Å². The van der Waals surface area contributed by atoms with Gasteiger partial charge in [-0.05, 0) is 18.6 Å². The van der Waals surface area contributed by atoms with Crippen LogP contribution in [0.1, 0.15) is 34.3 Å². The Labute approximate surface area is 140 Å². The predicted octanol–water partition coefficient (Wildman–Crippen LogP) is 1.92. The molecule has 1 atom stereocenters. The fourth-order valence-electron chi connectivity index (χ4n) is 2.24. The van der Waals surface area contributed by atoms with E-state index in [4.69, 9.17) is 14.9 Å². The Balaban J connectivity index is 2.17. The van der Waals surface area contributed by atoms with E-state index in [1.807, 2.05) is 6.07 Å². The van der Waals surface area contributed by atoms with Crippen LogP contribution in [-0.2, 0) is 9.53 Å². The maximum Gasteiger partial charge on any atom is 0.313 e. The minimum Gasteiger partial charge on any atom is -0.457 e. The van der Waals surface area contributed by atoms with Gasteiger partial charge in [-0.25, -0.2) is 0 Å². The molecule has 0 bridgehead atoms. The van der Waals surface area contributed by atoms with Crippen molar-refractivity contribution in [3.05, 3.63) is 71.3 Å². The molecule has 0 amide bonds. The maximum absolute atomic E-state index is 12.5. The van der Waals surface area contributed by atoms with Crippen LogP contribution in [0.5, 0.6) is 0 Å². The molecule has 0 radical (unpaired) electrons. The largest absolute Gasteiger partial charge is 0.457 e. The molecule has 0 saturated carbocycles. The van der Waals surface area contributed by atoms with Crippen molar-refractivity contribution in [2.75, 3.05) is 13.2 Å². The quantitative estimate of drug-likeness (QED) is 0.599. The lowest BCUT2D eigenvalue weighted by Crippen LogP contribution is -2.28. The van der Waals surface area contributed by atoms with E-state index in [1.54, 1.807) is 55.5 Å². The third-order valence-electron chi connectivity index (χ3n) is 3.73. The monoisotopic (exact) mass is 328 g/mol. The van der Waals surface area contributed by atoms with Gasteiger partial charge in [0.25, 0.3) is 0 Å². The molecule has 1 unspecified atom stereocenters. The lowest BCUT2D eigenvalue weighted by atomic mass is 9.96. The summed E-state index contributed by atoms with van der Waals surface area (Å²) in [5, 5.41) is 18.0. The average Bonchev–Trinajstić information content (AvgIpc) is 2.65. The summed E-state index contributed by atoms with van der Waals surface area (Å²) in [6, 6.07) is 15.7. The lowest BCUT2D eigenvalue weighted by molar-refractivity contribution is -0.154. The van der Waals surface area contributed by atoms with Crippen molar-refractivity contribution < 1.29 is 24.5 Å². The minimum atomic E-state index is -0.936. The van der Waals surface area contributed by atoms with E-state index in [2.05, 4.69) is 0 Å². The first-order valence-electron chi connectivity index (χ1n) is 7.68. The van der Waals surface area contributed by atoms with Gasteiger partial charge in [0.15, 0.2) is 5.78 Å². The van der Waals surface area contributed by atoms with Gasteiger partial charge in [-0.2, -0.15) is 0 Å². The van der Waals surface area contributed by atoms with Gasteiger partial charge in [0.1, 0.15) is 6.10 Å². The van der Waals surface area contributed by atoms with Crippen molar-refractivity contribution in [1.29, 1.82) is 0 Å². The van der Waals surface area contributed by atoms with Crippen molar-refractivity contribution in [2.45, 2.75) is 18.9 Å². The van der Waals surface area contributed by atoms with Crippen LogP contribution in [0.4, 0.5) is 0 Å². The number of ether oxygens (including phenoxy) is 1. The molecular formula is C19H20O5. The zero-order valence-corrected chi connectivity index (χ0v) is 13.4. The second-order valence-electron chi connectivity index (χ2n) is 5.47. The molecule has 5 heteroatoms. The molecule has 0 spiro atoms. The zero-order valence-electron chi connectivity index (χ0n) is 13.4. The average molecular weight is 328 g/mol. The molecular weight excluding hydrogens is 308 g/mol. The summed E-state index contributed by atoms with van der Waals surface area (Å²) in [5.74, 6) is -1.30. The molecule has 0 aliphatic heterocycles. The highest BCUT2D eigenvalue weighted by molar-refractivity contribution is 6.09. The van der Waals surface area contributed by atoms with Crippen molar-refractivity contribution in [3.8, 4) is 0 Å². The number of benzene rings is 2. The molecule has 0 fully saturated rings. The summed E-state index contributed by atoms with van der Waals surface area (Å²) in [7, 11) is 0. The van der Waals surface area contributed by atoms with Crippen LogP contribution in [-0.4, -0.2) is 41.3 Å². The standard InChI is InChI=1S/C19H20O5/c1-13(19(23)24-17(11-20)12-21)15-8-5-9-16(10-15)18(22)14-6-3-2-4-7-14/h2-10,13,17,20-21H,11-12H2,1H3. The molecule has 0 aliphatic carbocycles. The predicted molar refractivity (Wildman–Crippen MR) is 88.8 cm³/mol. The fourth-order valence-corrected chi connectivity index (χ4v) is 2.24. The molecule has 24 heavy (non-hydrogen) atoms. The summed E-state index contributed by atoms with van der Waals surface area (Å²) >= 11 is 0. The molecule has 0 aliphatic rings. The smallest absolute Gasteiger partial charge is 0.313 e. The Hall–Kier alpha value is -2.50. The second kappa shape index (κ2) is 8.38. The summed E-state index contributed by atoms with van der Waals surface area (Å²) in [6.45, 7) is 0.767. The highest BCUT2D eigenvalue weighted by Crippen LogP contribution is 2.20. The number of esters is 1. The number of rotatable bonds is 7. The van der Waals surface area contributed by atoms with Crippen LogP contribution in [0.2, 0.25) is 0 Å². The number of ketones is 1. The Morgan fingerprint density at radius 3 is 2.21 bits per heavy atom. The maximum atomic E-state index is 12.5. The Morgan fingerprint density at radius 2 is 1.58 bits per heavy atom. The Kier molecular flexibility index (Phi) is 6.23. The summed E-state index contributed by atoms with van der Waals surface area (Å²) in [4.78, 5) is 24.6. The van der Waals surface area contributed by atoms with E-state index in [1.165, 1.54) is 0 Å². The number of hydrogen-bond acceptors (Lipinski definition) is 5. The van der Waals surface area contributed by atoms with Gasteiger partial charge < -0.3 is 14.9 Å². The molecule has 2 aromatic carbocycles. The second-order valence-corrected chi connectivity index (χ2v) is 5.47. The van der Waals surface area contributed by atoms with Crippen molar-refractivity contribution in [2.24, 2.45) is 0 Å². The molecule has 2 N–H and O–H groups in total. The van der Waals surface area contributed by atoms with E-state index in [0.29, 0.717) is 16.7 Å². The molecule has 2 aromatic rings. The van der Waals surface area contributed by atoms with Crippen LogP contribution < -0.4 is 0 Å². The first kappa shape index (κ1) is 17.8. The van der Waals surface area contributed by atoms with Gasteiger partial charge in [-0.15, -0.1) is 0 Å². The fraction of sp³-hybridized carbons (Fsp3) is 0.263. The molecule has 0 saturated heterocycles. The van der Waals surface area contributed by atoms with Crippen LogP contribution in [0.25, 0.3) is 0 Å². The van der Waals surface area contributed by atoms with Crippen molar-refractivity contribution in [1.82, 2.24) is 0 Å². The first-order chi connectivity index (χ1) is 11.6. The number of aliphatic hydroxyl groups excluding tert-OH is 2. The molecule has 5 nitrogen and oxygen atoms in total. The number of aliphatic hydroxyl groups is 2. The van der Waals surface area contributed by atoms with Gasteiger partial charge >= 0.3 is 5.97 Å². The number of carbonyl (C=O) groups is 2. The highest BCUT2D eigenvalue weighted by atomic mass is 16.6. The van der Waals surface area contributed by atoms with Crippen LogP contribution in [0.15, 0.2) is 54.6 Å². The van der Waals surface area contributed by atoms with Gasteiger partial charge in [0.05, 0.1) is 19.1 Å². The van der Waals surface area contributed by atoms with E-state index >= 15 is 0 Å². The molecule has 0 heterocycles. The molecule has 0 aromatic heterocycles. The number of carbonyl (C=O) groups excluding carboxylic acids is 2. The molecule has 126 valence electrons. The third kappa shape index (κ3) is 4.28. The first-order valence-corrected chi connectivity index (χ1v) is 7.68. The minimum absolute atomic E-state index is 0.124. The summed E-state index contributed by atoms with van der Waals surface area (Å²) < 4.78 is 5.03. The molecule has 2 rings (SSSR count). The normalized spacial score (nSPS) is 12.0. The van der Waals surface area contributed by atoms with Gasteiger partial charge in [-0.3, -0.25) is 9.59 Å². The number of hydrogen-bond donors (Lipinski definition) is 2. The zero-order chi connectivity index (χ0) is 17.5. The van der Waals surface area contributed by atoms with Gasteiger partial charge in [0.2, 0.25) is 0 Å². The van der Waals surface area contributed by atoms with Gasteiger partial charge in [-0.1, -0.05) is 48.5 Å². The van der Waals surface area contributed by atoms with Gasteiger partial charge in [0, 0.05) is 11.1 Å². The summed E-state index contributed by atoms with van der Waals surface area (Å²) in [6.07, 6.45) is -0.936. The van der Waals surface area contributed by atoms with Crippen LogP contribution in [0.3, 0.4) is 0 Å². The highest BCUT2D eigenvalue weighted by Gasteiger charge is 2.21. The lowest BCUT2D eigenvalue weighted by Gasteiger charge is -2.17. The van der Waals surface area contributed by atoms with E-state index < -0.39 is 31.2 Å². The van der Waals surface area contributed by atoms with Crippen LogP contribution in [0, 0.1) is 0 Å². The Morgan fingerprint density at radius 1 is 0.958 bits per heavy atom. The van der Waals surface area contributed by atoms with Crippen molar-refractivity contribution in [3.63, 3.8) is 0 Å². The SMILES string of the molecule is CC(C(=O)OC(CO)CO)c1cccc(C(=O)c2ccccc2)c1. The third-order valence-corrected chi connectivity index (χ3v) is 3.73. The summed E-state index contributed by atoms with van der Waals surface area (Å²) in [5.41, 5.74) is 1.70. The van der Waals surface area contributed by atoms with E-state index in [9.17, 15) is 9.59 Å². The van der Waals surface area contributed by atoms with Crippen LogP contribution >= 0.6 is 0 Å². The Bertz CT molecular complexity index is 692. The topological polar surface area (TPSA) is 83.8 Å². The van der Waals surface area contributed by atoms with E-state index in [0.717, 1.165) is 0 Å². The van der Waals surface area contributed by atoms with E-state index in [-0.39, 0.29) is 5.78 Å².